The Balaban J connectivity index is 2.05. The highest BCUT2D eigenvalue weighted by atomic mass is 16.5. The fourth-order valence-electron chi connectivity index (χ4n) is 2.62. The van der Waals surface area contributed by atoms with Crippen LogP contribution in [0.5, 0.6) is 5.75 Å². The molecule has 1 heterocycles. The lowest BCUT2D eigenvalue weighted by Crippen LogP contribution is -2.47. The quantitative estimate of drug-likeness (QED) is 0.840. The first-order chi connectivity index (χ1) is 9.02. The van der Waals surface area contributed by atoms with Gasteiger partial charge in [-0.25, -0.2) is 0 Å². The normalized spacial score (nSPS) is 24.2. The van der Waals surface area contributed by atoms with Gasteiger partial charge in [0.15, 0.2) is 5.78 Å². The lowest BCUT2D eigenvalue weighted by Gasteiger charge is -2.36. The molecule has 1 aliphatic rings. The van der Waals surface area contributed by atoms with Gasteiger partial charge in [-0.05, 0) is 38.4 Å². The lowest BCUT2D eigenvalue weighted by atomic mass is 9.95. The number of piperidine rings is 1. The topological polar surface area (TPSA) is 49.8 Å². The van der Waals surface area contributed by atoms with E-state index in [4.69, 9.17) is 4.74 Å². The molecule has 2 rings (SSSR count). The molecule has 0 radical (unpaired) electrons. The van der Waals surface area contributed by atoms with Crippen molar-refractivity contribution in [2.75, 3.05) is 26.7 Å². The van der Waals surface area contributed by atoms with E-state index in [1.54, 1.807) is 19.2 Å². The van der Waals surface area contributed by atoms with E-state index >= 15 is 0 Å². The number of carbonyl (C=O) groups excluding carboxylic acids is 1. The lowest BCUT2D eigenvalue weighted by molar-refractivity contribution is -0.0133. The summed E-state index contributed by atoms with van der Waals surface area (Å²) in [5, 5.41) is 10.1. The van der Waals surface area contributed by atoms with Gasteiger partial charge in [0.1, 0.15) is 5.75 Å². The summed E-state index contributed by atoms with van der Waals surface area (Å²) in [5.41, 5.74) is -0.0746. The summed E-state index contributed by atoms with van der Waals surface area (Å²) in [6.45, 7) is 3.56. The zero-order valence-electron chi connectivity index (χ0n) is 11.6. The second kappa shape index (κ2) is 5.72. The first-order valence-corrected chi connectivity index (χ1v) is 6.63. The summed E-state index contributed by atoms with van der Waals surface area (Å²) in [6, 6.07) is 7.26. The molecule has 0 amide bonds. The van der Waals surface area contributed by atoms with Gasteiger partial charge in [0.05, 0.1) is 24.8 Å². The Labute approximate surface area is 114 Å². The van der Waals surface area contributed by atoms with Crippen LogP contribution in [0.15, 0.2) is 24.3 Å². The second-order valence-corrected chi connectivity index (χ2v) is 5.43. The fraction of sp³-hybridized carbons (Fsp3) is 0.533. The van der Waals surface area contributed by atoms with Crippen LogP contribution in [0.2, 0.25) is 0 Å². The Kier molecular flexibility index (Phi) is 4.22. The number of nitrogens with zero attached hydrogens (tertiary/aromatic N) is 1. The highest BCUT2D eigenvalue weighted by Crippen LogP contribution is 2.22. The van der Waals surface area contributed by atoms with E-state index < -0.39 is 5.60 Å². The number of para-hydroxylation sites is 1. The third-order valence-corrected chi connectivity index (χ3v) is 3.53. The van der Waals surface area contributed by atoms with E-state index in [0.29, 0.717) is 24.4 Å². The smallest absolute Gasteiger partial charge is 0.180 e. The van der Waals surface area contributed by atoms with Crippen LogP contribution >= 0.6 is 0 Å². The molecule has 4 heteroatoms. The van der Waals surface area contributed by atoms with E-state index in [1.165, 1.54) is 0 Å². The molecule has 4 nitrogen and oxygen atoms in total. The highest BCUT2D eigenvalue weighted by Gasteiger charge is 2.29. The van der Waals surface area contributed by atoms with Crippen molar-refractivity contribution in [3.05, 3.63) is 29.8 Å². The molecule has 0 aliphatic carbocycles. The Morgan fingerprint density at radius 2 is 2.21 bits per heavy atom. The van der Waals surface area contributed by atoms with Gasteiger partial charge in [0.2, 0.25) is 0 Å². The molecule has 1 N–H and O–H groups in total. The summed E-state index contributed by atoms with van der Waals surface area (Å²) < 4.78 is 5.21. The molecule has 1 aromatic carbocycles. The number of likely N-dealkylation sites (tertiary alicyclic amines) is 1. The van der Waals surface area contributed by atoms with E-state index in [2.05, 4.69) is 0 Å². The first-order valence-electron chi connectivity index (χ1n) is 6.63. The van der Waals surface area contributed by atoms with Gasteiger partial charge in [0, 0.05) is 6.54 Å². The maximum absolute atomic E-state index is 12.3. The van der Waals surface area contributed by atoms with Crippen molar-refractivity contribution in [3.8, 4) is 5.75 Å². The van der Waals surface area contributed by atoms with Gasteiger partial charge in [-0.3, -0.25) is 9.69 Å². The monoisotopic (exact) mass is 263 g/mol. The van der Waals surface area contributed by atoms with E-state index in [0.717, 1.165) is 19.4 Å². The molecular formula is C15H21NO3. The molecule has 0 bridgehead atoms. The third kappa shape index (κ3) is 3.55. The zero-order chi connectivity index (χ0) is 13.9. The summed E-state index contributed by atoms with van der Waals surface area (Å²) in [4.78, 5) is 14.3. The molecule has 0 aromatic heterocycles. The number of hydrogen-bond acceptors (Lipinski definition) is 4. The third-order valence-electron chi connectivity index (χ3n) is 3.53. The van der Waals surface area contributed by atoms with Crippen LogP contribution in [-0.4, -0.2) is 48.1 Å². The molecule has 19 heavy (non-hydrogen) atoms. The number of β-amino-alcohol motifs (C(OH)–C–C–N with tert-alkyl or cyclic N) is 1. The summed E-state index contributed by atoms with van der Waals surface area (Å²) >= 11 is 0. The van der Waals surface area contributed by atoms with Crippen molar-refractivity contribution >= 4 is 5.78 Å². The minimum absolute atomic E-state index is 0.0372. The fourth-order valence-corrected chi connectivity index (χ4v) is 2.62. The largest absolute Gasteiger partial charge is 0.496 e. The van der Waals surface area contributed by atoms with Gasteiger partial charge >= 0.3 is 0 Å². The molecule has 1 aromatic rings. The van der Waals surface area contributed by atoms with Crippen molar-refractivity contribution in [2.45, 2.75) is 25.4 Å². The molecule has 1 atom stereocenters. The Morgan fingerprint density at radius 1 is 1.47 bits per heavy atom. The standard InChI is InChI=1S/C15H21NO3/c1-15(18)8-5-9-16(11-15)10-13(17)12-6-3-4-7-14(12)19-2/h3-4,6-7,18H,5,8-11H2,1-2H3. The summed E-state index contributed by atoms with van der Waals surface area (Å²) in [7, 11) is 1.57. The van der Waals surface area contributed by atoms with Crippen molar-refractivity contribution in [1.82, 2.24) is 4.90 Å². The number of methoxy groups -OCH3 is 1. The van der Waals surface area contributed by atoms with Gasteiger partial charge in [-0.2, -0.15) is 0 Å². The minimum Gasteiger partial charge on any atom is -0.496 e. The molecule has 0 saturated carbocycles. The van der Waals surface area contributed by atoms with Crippen LogP contribution in [0.1, 0.15) is 30.1 Å². The van der Waals surface area contributed by atoms with Crippen molar-refractivity contribution < 1.29 is 14.6 Å². The van der Waals surface area contributed by atoms with Crippen LogP contribution in [0, 0.1) is 0 Å². The van der Waals surface area contributed by atoms with Gasteiger partial charge in [0.25, 0.3) is 0 Å². The van der Waals surface area contributed by atoms with Gasteiger partial charge < -0.3 is 9.84 Å². The number of aliphatic hydroxyl groups is 1. The average Bonchev–Trinajstić information content (AvgIpc) is 2.37. The number of rotatable bonds is 4. The summed E-state index contributed by atoms with van der Waals surface area (Å²) in [6.07, 6.45) is 1.72. The number of ketones is 1. The van der Waals surface area contributed by atoms with Crippen LogP contribution in [-0.2, 0) is 0 Å². The van der Waals surface area contributed by atoms with Crippen LogP contribution in [0.3, 0.4) is 0 Å². The highest BCUT2D eigenvalue weighted by molar-refractivity contribution is 6.00. The Bertz CT molecular complexity index is 456. The van der Waals surface area contributed by atoms with Crippen molar-refractivity contribution in [1.29, 1.82) is 0 Å². The molecule has 1 aliphatic heterocycles. The Morgan fingerprint density at radius 3 is 2.89 bits per heavy atom. The maximum Gasteiger partial charge on any atom is 0.180 e. The van der Waals surface area contributed by atoms with Crippen molar-refractivity contribution in [2.24, 2.45) is 0 Å². The van der Waals surface area contributed by atoms with E-state index in [9.17, 15) is 9.90 Å². The number of benzene rings is 1. The van der Waals surface area contributed by atoms with Crippen LogP contribution in [0.25, 0.3) is 0 Å². The predicted molar refractivity (Wildman–Crippen MR) is 73.6 cm³/mol. The van der Waals surface area contributed by atoms with Gasteiger partial charge in [-0.1, -0.05) is 12.1 Å². The predicted octanol–water partition coefficient (Wildman–Crippen LogP) is 1.72. The maximum atomic E-state index is 12.3. The molecule has 104 valence electrons. The Hall–Kier alpha value is -1.39. The minimum atomic E-state index is -0.681. The van der Waals surface area contributed by atoms with Gasteiger partial charge in [-0.15, -0.1) is 0 Å². The number of Topliss-reactive ketones (excluding diaryl/α,β-unsaturated/α-hetero) is 1. The number of carbonyl (C=O) groups is 1. The second-order valence-electron chi connectivity index (χ2n) is 5.43. The molecular weight excluding hydrogens is 242 g/mol. The molecule has 1 fully saturated rings. The van der Waals surface area contributed by atoms with E-state index in [1.807, 2.05) is 24.0 Å². The van der Waals surface area contributed by atoms with Crippen molar-refractivity contribution in [3.63, 3.8) is 0 Å². The molecule has 1 saturated heterocycles. The molecule has 0 spiro atoms. The number of ether oxygens (including phenoxy) is 1. The van der Waals surface area contributed by atoms with Crippen LogP contribution in [0.4, 0.5) is 0 Å². The SMILES string of the molecule is COc1ccccc1C(=O)CN1CCCC(C)(O)C1. The van der Waals surface area contributed by atoms with E-state index in [-0.39, 0.29) is 5.78 Å². The summed E-state index contributed by atoms with van der Waals surface area (Å²) in [5.74, 6) is 0.645. The van der Waals surface area contributed by atoms with Crippen LogP contribution < -0.4 is 4.74 Å². The number of hydrogen-bond donors (Lipinski definition) is 1. The first kappa shape index (κ1) is 14.0. The zero-order valence-corrected chi connectivity index (χ0v) is 11.6. The average molecular weight is 263 g/mol. The molecule has 1 unspecified atom stereocenters.